The summed E-state index contributed by atoms with van der Waals surface area (Å²) in [6.07, 6.45) is 1.83. The van der Waals surface area contributed by atoms with Crippen molar-refractivity contribution >= 4 is 23.1 Å². The highest BCUT2D eigenvalue weighted by molar-refractivity contribution is 6.33. The molecule has 2 rings (SSSR count). The van der Waals surface area contributed by atoms with Gasteiger partial charge in [0.1, 0.15) is 0 Å². The van der Waals surface area contributed by atoms with Crippen molar-refractivity contribution in [3.05, 3.63) is 28.8 Å². The Balaban J connectivity index is 2.16. The van der Waals surface area contributed by atoms with Crippen molar-refractivity contribution in [1.82, 2.24) is 0 Å². The fraction of sp³-hybridized carbons (Fsp3) is 0.417. The number of hydrogen-bond acceptors (Lipinski definition) is 3. The minimum atomic E-state index is -0.0339. The van der Waals surface area contributed by atoms with Gasteiger partial charge in [0.15, 0.2) is 5.78 Å². The lowest BCUT2D eigenvalue weighted by molar-refractivity contribution is 0.0461. The number of hydrogen-bond donors (Lipinski definition) is 1. The van der Waals surface area contributed by atoms with Crippen molar-refractivity contribution in [2.75, 3.05) is 18.9 Å². The molecule has 0 bridgehead atoms. The van der Waals surface area contributed by atoms with Crippen LogP contribution in [0.1, 0.15) is 23.2 Å². The molecule has 1 unspecified atom stereocenters. The molecular formula is C12H14ClNO2. The molecule has 0 aliphatic carbocycles. The summed E-state index contributed by atoms with van der Waals surface area (Å²) in [7, 11) is 0. The molecule has 2 N–H and O–H groups in total. The molecule has 1 heterocycles. The molecule has 1 saturated heterocycles. The van der Waals surface area contributed by atoms with Crippen molar-refractivity contribution in [1.29, 1.82) is 0 Å². The average molecular weight is 240 g/mol. The van der Waals surface area contributed by atoms with E-state index in [0.29, 0.717) is 22.9 Å². The fourth-order valence-corrected chi connectivity index (χ4v) is 2.04. The van der Waals surface area contributed by atoms with Gasteiger partial charge in [0, 0.05) is 18.1 Å². The number of halogens is 1. The highest BCUT2D eigenvalue weighted by Crippen LogP contribution is 2.24. The summed E-state index contributed by atoms with van der Waals surface area (Å²) in [6.45, 7) is 1.27. The second-order valence-corrected chi connectivity index (χ2v) is 4.42. The second-order valence-electron chi connectivity index (χ2n) is 4.01. The van der Waals surface area contributed by atoms with Crippen LogP contribution >= 0.6 is 11.6 Å². The van der Waals surface area contributed by atoms with E-state index in [1.54, 1.807) is 18.2 Å². The molecule has 4 heteroatoms. The number of rotatable bonds is 2. The van der Waals surface area contributed by atoms with E-state index in [2.05, 4.69) is 0 Å². The summed E-state index contributed by atoms with van der Waals surface area (Å²) in [6, 6.07) is 5.02. The van der Waals surface area contributed by atoms with Crippen molar-refractivity contribution in [3.8, 4) is 0 Å². The summed E-state index contributed by atoms with van der Waals surface area (Å²) in [5, 5.41) is 0.433. The minimum absolute atomic E-state index is 0.0339. The first kappa shape index (κ1) is 11.4. The predicted molar refractivity (Wildman–Crippen MR) is 63.7 cm³/mol. The number of ether oxygens (including phenoxy) is 1. The quantitative estimate of drug-likeness (QED) is 0.637. The van der Waals surface area contributed by atoms with E-state index in [4.69, 9.17) is 22.1 Å². The van der Waals surface area contributed by atoms with Gasteiger partial charge in [0.25, 0.3) is 0 Å². The van der Waals surface area contributed by atoms with E-state index < -0.39 is 0 Å². The SMILES string of the molecule is Nc1ccc(C(=O)C2CCCOC2)cc1Cl. The average Bonchev–Trinajstić information content (AvgIpc) is 2.33. The summed E-state index contributed by atoms with van der Waals surface area (Å²) in [5.41, 5.74) is 6.72. The van der Waals surface area contributed by atoms with E-state index in [9.17, 15) is 4.79 Å². The van der Waals surface area contributed by atoms with Gasteiger partial charge >= 0.3 is 0 Å². The van der Waals surface area contributed by atoms with Gasteiger partial charge in [-0.15, -0.1) is 0 Å². The van der Waals surface area contributed by atoms with Gasteiger partial charge in [-0.3, -0.25) is 4.79 Å². The smallest absolute Gasteiger partial charge is 0.168 e. The van der Waals surface area contributed by atoms with Crippen LogP contribution in [0, 0.1) is 5.92 Å². The Labute approximate surface area is 99.5 Å². The van der Waals surface area contributed by atoms with Crippen molar-refractivity contribution in [2.24, 2.45) is 5.92 Å². The number of carbonyl (C=O) groups is 1. The molecule has 0 spiro atoms. The summed E-state index contributed by atoms with van der Waals surface area (Å²) in [4.78, 5) is 12.1. The zero-order valence-corrected chi connectivity index (χ0v) is 9.67. The molecule has 1 aromatic rings. The Morgan fingerprint density at radius 3 is 2.94 bits per heavy atom. The molecule has 1 atom stereocenters. The Morgan fingerprint density at radius 1 is 1.50 bits per heavy atom. The van der Waals surface area contributed by atoms with Crippen LogP contribution in [-0.2, 0) is 4.74 Å². The summed E-state index contributed by atoms with van der Waals surface area (Å²) >= 11 is 5.89. The molecule has 1 aromatic carbocycles. The highest BCUT2D eigenvalue weighted by Gasteiger charge is 2.23. The van der Waals surface area contributed by atoms with Crippen LogP contribution in [0.5, 0.6) is 0 Å². The van der Waals surface area contributed by atoms with E-state index in [1.807, 2.05) is 0 Å². The lowest BCUT2D eigenvalue weighted by Gasteiger charge is -2.20. The monoisotopic (exact) mass is 239 g/mol. The van der Waals surface area contributed by atoms with Gasteiger partial charge < -0.3 is 10.5 Å². The van der Waals surface area contributed by atoms with Gasteiger partial charge in [-0.05, 0) is 31.0 Å². The fourth-order valence-electron chi connectivity index (χ4n) is 1.86. The standard InChI is InChI=1S/C12H14ClNO2/c13-10-6-8(3-4-11(10)14)12(15)9-2-1-5-16-7-9/h3-4,6,9H,1-2,5,7,14H2. The number of anilines is 1. The first-order valence-electron chi connectivity index (χ1n) is 5.35. The topological polar surface area (TPSA) is 52.3 Å². The minimum Gasteiger partial charge on any atom is -0.398 e. The van der Waals surface area contributed by atoms with E-state index in [1.165, 1.54) is 0 Å². The molecule has 3 nitrogen and oxygen atoms in total. The maximum absolute atomic E-state index is 12.1. The van der Waals surface area contributed by atoms with Gasteiger partial charge in [-0.2, -0.15) is 0 Å². The second kappa shape index (κ2) is 4.85. The maximum atomic E-state index is 12.1. The Hall–Kier alpha value is -1.06. The highest BCUT2D eigenvalue weighted by atomic mass is 35.5. The number of Topliss-reactive ketones (excluding diaryl/α,β-unsaturated/α-hetero) is 1. The van der Waals surface area contributed by atoms with Crippen LogP contribution < -0.4 is 5.73 Å². The zero-order valence-electron chi connectivity index (χ0n) is 8.91. The van der Waals surface area contributed by atoms with Crippen molar-refractivity contribution in [3.63, 3.8) is 0 Å². The molecule has 0 radical (unpaired) electrons. The number of carbonyl (C=O) groups excluding carboxylic acids is 1. The van der Waals surface area contributed by atoms with E-state index in [0.717, 1.165) is 19.4 Å². The van der Waals surface area contributed by atoms with Crippen LogP contribution in [0.15, 0.2) is 18.2 Å². The van der Waals surface area contributed by atoms with Crippen LogP contribution in [0.25, 0.3) is 0 Å². The third kappa shape index (κ3) is 2.36. The van der Waals surface area contributed by atoms with Crippen molar-refractivity contribution in [2.45, 2.75) is 12.8 Å². The zero-order chi connectivity index (χ0) is 11.5. The van der Waals surface area contributed by atoms with Gasteiger partial charge in [-0.25, -0.2) is 0 Å². The Morgan fingerprint density at radius 2 is 2.31 bits per heavy atom. The molecular weight excluding hydrogens is 226 g/mol. The number of ketones is 1. The third-order valence-electron chi connectivity index (χ3n) is 2.82. The molecule has 0 aromatic heterocycles. The molecule has 0 amide bonds. The van der Waals surface area contributed by atoms with Crippen LogP contribution in [0.2, 0.25) is 5.02 Å². The molecule has 1 aliphatic rings. The molecule has 16 heavy (non-hydrogen) atoms. The van der Waals surface area contributed by atoms with Gasteiger partial charge in [0.05, 0.1) is 17.3 Å². The summed E-state index contributed by atoms with van der Waals surface area (Å²) < 4.78 is 5.30. The molecule has 86 valence electrons. The van der Waals surface area contributed by atoms with E-state index >= 15 is 0 Å². The lowest BCUT2D eigenvalue weighted by atomic mass is 9.93. The van der Waals surface area contributed by atoms with Gasteiger partial charge in [0.2, 0.25) is 0 Å². The van der Waals surface area contributed by atoms with Crippen LogP contribution in [0.4, 0.5) is 5.69 Å². The van der Waals surface area contributed by atoms with E-state index in [-0.39, 0.29) is 11.7 Å². The molecule has 1 fully saturated rings. The Kier molecular flexibility index (Phi) is 3.46. The predicted octanol–water partition coefficient (Wildman–Crippen LogP) is 2.53. The lowest BCUT2D eigenvalue weighted by Crippen LogP contribution is -2.25. The number of nitrogen functional groups attached to an aromatic ring is 1. The first-order chi connectivity index (χ1) is 7.68. The number of benzene rings is 1. The normalized spacial score (nSPS) is 20.7. The van der Waals surface area contributed by atoms with Crippen LogP contribution in [-0.4, -0.2) is 19.0 Å². The maximum Gasteiger partial charge on any atom is 0.168 e. The molecule has 0 saturated carbocycles. The van der Waals surface area contributed by atoms with Crippen molar-refractivity contribution < 1.29 is 9.53 Å². The number of nitrogens with two attached hydrogens (primary N) is 1. The first-order valence-corrected chi connectivity index (χ1v) is 5.73. The van der Waals surface area contributed by atoms with Gasteiger partial charge in [-0.1, -0.05) is 11.6 Å². The summed E-state index contributed by atoms with van der Waals surface area (Å²) in [5.74, 6) is 0.0649. The van der Waals surface area contributed by atoms with Crippen LogP contribution in [0.3, 0.4) is 0 Å². The molecule has 1 aliphatic heterocycles. The largest absolute Gasteiger partial charge is 0.398 e. The third-order valence-corrected chi connectivity index (χ3v) is 3.14. The Bertz CT molecular complexity index is 400.